The largest absolute Gasteiger partial charge is 0.309 e. The Morgan fingerprint density at radius 3 is 1.46 bits per heavy atom. The number of hydrogen-bond donors (Lipinski definition) is 0. The molecule has 218 valence electrons. The van der Waals surface area contributed by atoms with Gasteiger partial charge in [-0.3, -0.25) is 0 Å². The molecule has 0 N–H and O–H groups in total. The zero-order valence-corrected chi connectivity index (χ0v) is 25.2. The molecule has 0 saturated carbocycles. The van der Waals surface area contributed by atoms with Crippen molar-refractivity contribution in [3.63, 3.8) is 0 Å². The van der Waals surface area contributed by atoms with Gasteiger partial charge < -0.3 is 4.90 Å². The minimum atomic E-state index is 0.991. The zero-order chi connectivity index (χ0) is 30.7. The smallest absolute Gasteiger partial charge is 0.0652 e. The highest BCUT2D eigenvalue weighted by molar-refractivity contribution is 6.23. The van der Waals surface area contributed by atoms with E-state index < -0.39 is 0 Å². The first-order valence-corrected chi connectivity index (χ1v) is 15.6. The van der Waals surface area contributed by atoms with Gasteiger partial charge in [0, 0.05) is 22.0 Å². The Morgan fingerprint density at radius 2 is 0.826 bits per heavy atom. The second-order valence-corrected chi connectivity index (χ2v) is 11.3. The Bertz CT molecular complexity index is 2270. The van der Waals surface area contributed by atoms with Crippen molar-refractivity contribution in [3.8, 4) is 0 Å². The van der Waals surface area contributed by atoms with Gasteiger partial charge in [-0.15, -0.1) is 0 Å². The second kappa shape index (κ2) is 12.1. The molecule has 0 bridgehead atoms. The number of fused-ring (bicyclic) bond motifs is 4. The summed E-state index contributed by atoms with van der Waals surface area (Å²) in [6, 6.07) is 63.9. The SMILES string of the molecule is C(=NN(c1ccccc1)c1ccccc1)c1c(N(c2ccccc2)c2cccc3ccccc23)c2ccccc2c2ccccc12. The molecule has 3 nitrogen and oxygen atoms in total. The summed E-state index contributed by atoms with van der Waals surface area (Å²) in [5.74, 6) is 0. The predicted molar refractivity (Wildman–Crippen MR) is 196 cm³/mol. The monoisotopic (exact) mass is 589 g/mol. The van der Waals surface area contributed by atoms with Gasteiger partial charge in [0.15, 0.2) is 0 Å². The summed E-state index contributed by atoms with van der Waals surface area (Å²) in [4.78, 5) is 2.41. The molecule has 0 fully saturated rings. The van der Waals surface area contributed by atoms with Gasteiger partial charge in [-0.2, -0.15) is 5.10 Å². The molecule has 8 aromatic carbocycles. The van der Waals surface area contributed by atoms with Crippen LogP contribution in [-0.2, 0) is 0 Å². The number of para-hydroxylation sites is 3. The fourth-order valence-corrected chi connectivity index (χ4v) is 6.43. The zero-order valence-electron chi connectivity index (χ0n) is 25.2. The molecule has 0 amide bonds. The normalized spacial score (nSPS) is 11.4. The number of benzene rings is 8. The Hall–Kier alpha value is -6.19. The molecule has 0 aliphatic carbocycles. The van der Waals surface area contributed by atoms with E-state index in [2.05, 4.69) is 175 Å². The lowest BCUT2D eigenvalue weighted by atomic mass is 9.93. The van der Waals surface area contributed by atoms with Crippen molar-refractivity contribution in [2.24, 2.45) is 5.10 Å². The van der Waals surface area contributed by atoms with Crippen LogP contribution in [0.2, 0.25) is 0 Å². The molecule has 8 aromatic rings. The van der Waals surface area contributed by atoms with E-state index in [1.807, 2.05) is 23.4 Å². The first-order chi connectivity index (χ1) is 22.9. The van der Waals surface area contributed by atoms with Crippen molar-refractivity contribution in [1.29, 1.82) is 0 Å². The Morgan fingerprint density at radius 1 is 0.370 bits per heavy atom. The molecule has 0 aromatic heterocycles. The van der Waals surface area contributed by atoms with Crippen LogP contribution >= 0.6 is 0 Å². The maximum atomic E-state index is 5.27. The van der Waals surface area contributed by atoms with Gasteiger partial charge in [0.1, 0.15) is 0 Å². The van der Waals surface area contributed by atoms with Gasteiger partial charge in [-0.25, -0.2) is 5.01 Å². The maximum absolute atomic E-state index is 5.27. The Labute approximate surface area is 268 Å². The highest BCUT2D eigenvalue weighted by atomic mass is 15.5. The van der Waals surface area contributed by atoms with Crippen molar-refractivity contribution in [3.05, 3.63) is 188 Å². The lowest BCUT2D eigenvalue weighted by Crippen LogP contribution is -2.15. The number of hydrogen-bond acceptors (Lipinski definition) is 3. The van der Waals surface area contributed by atoms with E-state index in [0.717, 1.165) is 44.8 Å². The fraction of sp³-hybridized carbons (Fsp3) is 0. The van der Waals surface area contributed by atoms with E-state index in [1.165, 1.54) is 21.5 Å². The van der Waals surface area contributed by atoms with Crippen LogP contribution in [-0.4, -0.2) is 6.21 Å². The summed E-state index contributed by atoms with van der Waals surface area (Å²) in [5, 5.41) is 14.4. The van der Waals surface area contributed by atoms with Crippen LogP contribution in [0.1, 0.15) is 5.56 Å². The highest BCUT2D eigenvalue weighted by Gasteiger charge is 2.23. The van der Waals surface area contributed by atoms with Gasteiger partial charge in [-0.05, 0) is 64.0 Å². The molecule has 0 spiro atoms. The van der Waals surface area contributed by atoms with Crippen LogP contribution in [0, 0.1) is 0 Å². The number of rotatable bonds is 7. The summed E-state index contributed by atoms with van der Waals surface area (Å²) >= 11 is 0. The lowest BCUT2D eigenvalue weighted by molar-refractivity contribution is 1.09. The molecule has 46 heavy (non-hydrogen) atoms. The summed E-state index contributed by atoms with van der Waals surface area (Å²) in [7, 11) is 0. The molecule has 0 aliphatic heterocycles. The standard InChI is InChI=1S/C43H31N3/c1-4-19-33(20-5-1)45(42-30-16-18-32-17-10-11-25-36(32)42)43-40-29-15-14-27-38(40)37-26-12-13-28-39(37)41(43)31-44-46(34-21-6-2-7-22-34)35-23-8-3-9-24-35/h1-31H. The van der Waals surface area contributed by atoms with E-state index >= 15 is 0 Å². The minimum Gasteiger partial charge on any atom is -0.309 e. The van der Waals surface area contributed by atoms with Gasteiger partial charge >= 0.3 is 0 Å². The van der Waals surface area contributed by atoms with Crippen molar-refractivity contribution in [2.75, 3.05) is 9.91 Å². The third kappa shape index (κ3) is 4.94. The molecule has 0 atom stereocenters. The van der Waals surface area contributed by atoms with Crippen LogP contribution in [0.15, 0.2) is 187 Å². The number of anilines is 5. The molecular formula is C43H31N3. The fourth-order valence-electron chi connectivity index (χ4n) is 6.43. The lowest BCUT2D eigenvalue weighted by Gasteiger charge is -2.30. The molecule has 0 heterocycles. The van der Waals surface area contributed by atoms with E-state index in [0.29, 0.717) is 0 Å². The third-order valence-corrected chi connectivity index (χ3v) is 8.49. The Kier molecular flexibility index (Phi) is 7.18. The van der Waals surface area contributed by atoms with Crippen LogP contribution in [0.4, 0.5) is 28.4 Å². The molecule has 0 radical (unpaired) electrons. The van der Waals surface area contributed by atoms with Crippen LogP contribution in [0.5, 0.6) is 0 Å². The quantitative estimate of drug-likeness (QED) is 0.105. The molecular weight excluding hydrogens is 558 g/mol. The van der Waals surface area contributed by atoms with Gasteiger partial charge in [0.2, 0.25) is 0 Å². The van der Waals surface area contributed by atoms with Crippen molar-refractivity contribution >= 4 is 67.0 Å². The number of hydrazone groups is 1. The maximum Gasteiger partial charge on any atom is 0.0652 e. The summed E-state index contributed by atoms with van der Waals surface area (Å²) in [6.45, 7) is 0. The van der Waals surface area contributed by atoms with Crippen LogP contribution < -0.4 is 9.91 Å². The molecule has 0 aliphatic rings. The van der Waals surface area contributed by atoms with Gasteiger partial charge in [0.05, 0.1) is 29.0 Å². The van der Waals surface area contributed by atoms with Crippen LogP contribution in [0.25, 0.3) is 32.3 Å². The van der Waals surface area contributed by atoms with Gasteiger partial charge in [-0.1, -0.05) is 140 Å². The molecule has 0 unspecified atom stereocenters. The van der Waals surface area contributed by atoms with E-state index in [-0.39, 0.29) is 0 Å². The average Bonchev–Trinajstić information content (AvgIpc) is 3.14. The summed E-state index contributed by atoms with van der Waals surface area (Å²) in [6.07, 6.45) is 2.05. The summed E-state index contributed by atoms with van der Waals surface area (Å²) < 4.78 is 0. The van der Waals surface area contributed by atoms with E-state index in [9.17, 15) is 0 Å². The molecule has 0 saturated heterocycles. The number of nitrogens with zero attached hydrogens (tertiary/aromatic N) is 3. The Balaban J connectivity index is 1.47. The van der Waals surface area contributed by atoms with E-state index in [1.54, 1.807) is 0 Å². The van der Waals surface area contributed by atoms with Crippen molar-refractivity contribution in [2.45, 2.75) is 0 Å². The van der Waals surface area contributed by atoms with Gasteiger partial charge in [0.25, 0.3) is 0 Å². The average molecular weight is 590 g/mol. The molecule has 8 rings (SSSR count). The molecule has 3 heteroatoms. The van der Waals surface area contributed by atoms with Crippen molar-refractivity contribution < 1.29 is 0 Å². The van der Waals surface area contributed by atoms with Crippen LogP contribution in [0.3, 0.4) is 0 Å². The minimum absolute atomic E-state index is 0.991. The summed E-state index contributed by atoms with van der Waals surface area (Å²) in [5.41, 5.74) is 6.31. The first kappa shape index (κ1) is 27.4. The highest BCUT2D eigenvalue weighted by Crippen LogP contribution is 2.46. The topological polar surface area (TPSA) is 18.8 Å². The second-order valence-electron chi connectivity index (χ2n) is 11.3. The van der Waals surface area contributed by atoms with E-state index in [4.69, 9.17) is 5.10 Å². The predicted octanol–water partition coefficient (Wildman–Crippen LogP) is 11.8. The first-order valence-electron chi connectivity index (χ1n) is 15.6. The third-order valence-electron chi connectivity index (χ3n) is 8.49. The van der Waals surface area contributed by atoms with Crippen molar-refractivity contribution in [1.82, 2.24) is 0 Å².